The number of carboxylic acid groups (broad SMARTS) is 1. The van der Waals surface area contributed by atoms with Crippen molar-refractivity contribution in [2.75, 3.05) is 42.3 Å². The molecule has 0 spiro atoms. The number of aliphatic carboxylic acids is 1. The number of urea groups is 1. The molecule has 2 aromatic rings. The van der Waals surface area contributed by atoms with E-state index in [1.807, 2.05) is 25.1 Å². The highest BCUT2D eigenvalue weighted by molar-refractivity contribution is 6.01. The number of aryl methyl sites for hydroxylation is 1. The molecule has 0 saturated carbocycles. The number of carboxylic acids is 1. The Morgan fingerprint density at radius 3 is 2.40 bits per heavy atom. The summed E-state index contributed by atoms with van der Waals surface area (Å²) in [5.74, 6) is -0.818. The van der Waals surface area contributed by atoms with Crippen LogP contribution >= 0.6 is 0 Å². The molecular formula is C21H26N4O5. The zero-order valence-corrected chi connectivity index (χ0v) is 17.2. The first kappa shape index (κ1) is 22.5. The second-order valence-electron chi connectivity index (χ2n) is 6.58. The molecule has 0 unspecified atom stereocenters. The van der Waals surface area contributed by atoms with Crippen molar-refractivity contribution in [3.05, 3.63) is 48.0 Å². The van der Waals surface area contributed by atoms with E-state index in [1.165, 1.54) is 14.0 Å². The number of amides is 3. The lowest BCUT2D eigenvalue weighted by atomic mass is 10.2. The van der Waals surface area contributed by atoms with Crippen molar-refractivity contribution >= 4 is 35.0 Å². The van der Waals surface area contributed by atoms with Crippen molar-refractivity contribution in [3.8, 4) is 5.75 Å². The highest BCUT2D eigenvalue weighted by atomic mass is 16.5. The minimum Gasteiger partial charge on any atom is -0.494 e. The summed E-state index contributed by atoms with van der Waals surface area (Å²) in [7, 11) is 1.46. The van der Waals surface area contributed by atoms with Gasteiger partial charge in [-0.1, -0.05) is 18.2 Å². The SMILES string of the molecule is COc1cc(N(CCNC(C)=O)CC(=O)O)ccc1NC(=O)Nc1ccccc1C. The van der Waals surface area contributed by atoms with E-state index in [1.54, 1.807) is 29.2 Å². The van der Waals surface area contributed by atoms with Crippen LogP contribution < -0.4 is 25.6 Å². The Kier molecular flexibility index (Phi) is 8.04. The van der Waals surface area contributed by atoms with Crippen LogP contribution in [0, 0.1) is 6.92 Å². The lowest BCUT2D eigenvalue weighted by molar-refractivity contribution is -0.135. The number of carbonyl (C=O) groups is 3. The van der Waals surface area contributed by atoms with E-state index in [2.05, 4.69) is 16.0 Å². The van der Waals surface area contributed by atoms with Crippen LogP contribution in [0.2, 0.25) is 0 Å². The first-order valence-corrected chi connectivity index (χ1v) is 9.33. The van der Waals surface area contributed by atoms with Gasteiger partial charge in [-0.15, -0.1) is 0 Å². The minimum atomic E-state index is -1.00. The average molecular weight is 414 g/mol. The number of nitrogens with zero attached hydrogens (tertiary/aromatic N) is 1. The number of ether oxygens (including phenoxy) is 1. The number of methoxy groups -OCH3 is 1. The Morgan fingerprint density at radius 2 is 1.77 bits per heavy atom. The molecule has 0 atom stereocenters. The Bertz CT molecular complexity index is 916. The number of hydrogen-bond acceptors (Lipinski definition) is 5. The van der Waals surface area contributed by atoms with Crippen LogP contribution in [0.3, 0.4) is 0 Å². The molecule has 0 saturated heterocycles. The van der Waals surface area contributed by atoms with E-state index in [4.69, 9.17) is 4.74 Å². The summed E-state index contributed by atoms with van der Waals surface area (Å²) in [6.07, 6.45) is 0. The van der Waals surface area contributed by atoms with E-state index in [-0.39, 0.29) is 12.5 Å². The Labute approximate surface area is 175 Å². The van der Waals surface area contributed by atoms with Gasteiger partial charge in [-0.05, 0) is 30.7 Å². The molecule has 0 aliphatic heterocycles. The highest BCUT2D eigenvalue weighted by Gasteiger charge is 2.15. The summed E-state index contributed by atoms with van der Waals surface area (Å²) < 4.78 is 5.37. The van der Waals surface area contributed by atoms with Crippen molar-refractivity contribution < 1.29 is 24.2 Å². The largest absolute Gasteiger partial charge is 0.494 e. The number of hydrogen-bond donors (Lipinski definition) is 4. The number of para-hydroxylation sites is 1. The fourth-order valence-electron chi connectivity index (χ4n) is 2.80. The van der Waals surface area contributed by atoms with Crippen LogP contribution in [0.4, 0.5) is 21.9 Å². The molecule has 9 nitrogen and oxygen atoms in total. The van der Waals surface area contributed by atoms with Crippen LogP contribution in [0.25, 0.3) is 0 Å². The van der Waals surface area contributed by atoms with Gasteiger partial charge in [0.15, 0.2) is 0 Å². The molecule has 0 heterocycles. The number of nitrogens with one attached hydrogen (secondary N) is 3. The molecular weight excluding hydrogens is 388 g/mol. The molecule has 0 fully saturated rings. The lowest BCUT2D eigenvalue weighted by Crippen LogP contribution is -2.37. The van der Waals surface area contributed by atoms with Crippen LogP contribution in [-0.2, 0) is 9.59 Å². The monoisotopic (exact) mass is 414 g/mol. The van der Waals surface area contributed by atoms with Crippen molar-refractivity contribution in [2.45, 2.75) is 13.8 Å². The molecule has 160 valence electrons. The zero-order chi connectivity index (χ0) is 22.1. The molecule has 2 aromatic carbocycles. The number of benzene rings is 2. The molecule has 30 heavy (non-hydrogen) atoms. The molecule has 9 heteroatoms. The third-order valence-corrected chi connectivity index (χ3v) is 4.27. The number of rotatable bonds is 9. The molecule has 0 radical (unpaired) electrons. The Morgan fingerprint density at radius 1 is 1.07 bits per heavy atom. The fourth-order valence-corrected chi connectivity index (χ4v) is 2.80. The first-order valence-electron chi connectivity index (χ1n) is 9.33. The molecule has 0 bridgehead atoms. The molecule has 3 amide bonds. The van der Waals surface area contributed by atoms with Gasteiger partial charge in [0.05, 0.1) is 12.8 Å². The summed E-state index contributed by atoms with van der Waals surface area (Å²) >= 11 is 0. The van der Waals surface area contributed by atoms with Gasteiger partial charge < -0.3 is 30.7 Å². The van der Waals surface area contributed by atoms with Gasteiger partial charge in [-0.25, -0.2) is 4.79 Å². The van der Waals surface area contributed by atoms with Crippen molar-refractivity contribution in [2.24, 2.45) is 0 Å². The van der Waals surface area contributed by atoms with Crippen molar-refractivity contribution in [1.29, 1.82) is 0 Å². The molecule has 4 N–H and O–H groups in total. The topological polar surface area (TPSA) is 120 Å². The van der Waals surface area contributed by atoms with E-state index in [0.717, 1.165) is 5.56 Å². The summed E-state index contributed by atoms with van der Waals surface area (Å²) in [4.78, 5) is 36.3. The second-order valence-corrected chi connectivity index (χ2v) is 6.58. The predicted octanol–water partition coefficient (Wildman–Crippen LogP) is 2.67. The molecule has 2 rings (SSSR count). The Balaban J connectivity index is 2.14. The van der Waals surface area contributed by atoms with E-state index >= 15 is 0 Å². The van der Waals surface area contributed by atoms with Gasteiger partial charge in [0.1, 0.15) is 12.3 Å². The van der Waals surface area contributed by atoms with Crippen LogP contribution in [0.1, 0.15) is 12.5 Å². The standard InChI is InChI=1S/C21H26N4O5/c1-14-6-4-5-7-17(14)23-21(29)24-18-9-8-16(12-19(18)30-3)25(13-20(27)28)11-10-22-15(2)26/h4-9,12H,10-11,13H2,1-3H3,(H,22,26)(H,27,28)(H2,23,24,29). The van der Waals surface area contributed by atoms with E-state index in [9.17, 15) is 19.5 Å². The van der Waals surface area contributed by atoms with Crippen LogP contribution in [0.5, 0.6) is 5.75 Å². The maximum Gasteiger partial charge on any atom is 0.323 e. The normalized spacial score (nSPS) is 10.1. The predicted molar refractivity (Wildman–Crippen MR) is 115 cm³/mol. The second kappa shape index (κ2) is 10.7. The van der Waals surface area contributed by atoms with Gasteiger partial charge in [-0.2, -0.15) is 0 Å². The van der Waals surface area contributed by atoms with Gasteiger partial charge in [0, 0.05) is 37.5 Å². The highest BCUT2D eigenvalue weighted by Crippen LogP contribution is 2.30. The molecule has 0 aliphatic carbocycles. The van der Waals surface area contributed by atoms with Gasteiger partial charge in [-0.3, -0.25) is 9.59 Å². The summed E-state index contributed by atoms with van der Waals surface area (Å²) in [6, 6.07) is 11.9. The van der Waals surface area contributed by atoms with Gasteiger partial charge >= 0.3 is 12.0 Å². The third-order valence-electron chi connectivity index (χ3n) is 4.27. The van der Waals surface area contributed by atoms with Gasteiger partial charge in [0.2, 0.25) is 5.91 Å². The zero-order valence-electron chi connectivity index (χ0n) is 17.2. The first-order chi connectivity index (χ1) is 14.3. The van der Waals surface area contributed by atoms with Gasteiger partial charge in [0.25, 0.3) is 0 Å². The average Bonchev–Trinajstić information content (AvgIpc) is 2.68. The quantitative estimate of drug-likeness (QED) is 0.501. The maximum atomic E-state index is 12.4. The van der Waals surface area contributed by atoms with Crippen LogP contribution in [0.15, 0.2) is 42.5 Å². The number of carbonyl (C=O) groups excluding carboxylic acids is 2. The van der Waals surface area contributed by atoms with Crippen molar-refractivity contribution in [3.63, 3.8) is 0 Å². The summed E-state index contributed by atoms with van der Waals surface area (Å²) in [6.45, 7) is 3.64. The molecule has 0 aliphatic rings. The Hall–Kier alpha value is -3.75. The lowest BCUT2D eigenvalue weighted by Gasteiger charge is -2.24. The minimum absolute atomic E-state index is 0.193. The fraction of sp³-hybridized carbons (Fsp3) is 0.286. The van der Waals surface area contributed by atoms with E-state index < -0.39 is 12.0 Å². The maximum absolute atomic E-state index is 12.4. The smallest absolute Gasteiger partial charge is 0.323 e. The third kappa shape index (κ3) is 6.69. The number of anilines is 3. The van der Waals surface area contributed by atoms with Crippen molar-refractivity contribution in [1.82, 2.24) is 5.32 Å². The van der Waals surface area contributed by atoms with E-state index in [0.29, 0.717) is 35.9 Å². The molecule has 0 aromatic heterocycles. The van der Waals surface area contributed by atoms with Crippen LogP contribution in [-0.4, -0.2) is 49.8 Å². The summed E-state index contributed by atoms with van der Waals surface area (Å²) in [5, 5.41) is 17.3. The summed E-state index contributed by atoms with van der Waals surface area (Å²) in [5.41, 5.74) is 2.64.